The summed E-state index contributed by atoms with van der Waals surface area (Å²) in [4.78, 5) is 3.85. The second-order valence-electron chi connectivity index (χ2n) is 2.36. The highest BCUT2D eigenvalue weighted by Gasteiger charge is 2.02. The molecule has 0 unspecified atom stereocenters. The number of rotatable bonds is 1. The number of aromatic nitrogens is 3. The van der Waals surface area contributed by atoms with Crippen LogP contribution in [-0.2, 0) is 0 Å². The van der Waals surface area contributed by atoms with Gasteiger partial charge in [0.2, 0.25) is 0 Å². The highest BCUT2D eigenvalue weighted by molar-refractivity contribution is 5.66. The van der Waals surface area contributed by atoms with Crippen LogP contribution in [-0.4, -0.2) is 21.7 Å². The third-order valence-corrected chi connectivity index (χ3v) is 1.65. The third-order valence-electron chi connectivity index (χ3n) is 1.65. The average Bonchev–Trinajstić information content (AvgIpc) is 2.49. The third kappa shape index (κ3) is 0.868. The van der Waals surface area contributed by atoms with Crippen molar-refractivity contribution in [3.63, 3.8) is 0 Å². The van der Waals surface area contributed by atoms with E-state index in [1.165, 1.54) is 6.33 Å². The van der Waals surface area contributed by atoms with Gasteiger partial charge in [-0.2, -0.15) is 5.10 Å². The molecule has 2 rings (SSSR count). The van der Waals surface area contributed by atoms with Gasteiger partial charge in [0.15, 0.2) is 5.82 Å². The minimum absolute atomic E-state index is 0.452. The predicted molar refractivity (Wildman–Crippen MR) is 44.0 cm³/mol. The van der Waals surface area contributed by atoms with Gasteiger partial charge in [-0.15, -0.1) is 0 Å². The molecule has 0 atom stereocenters. The van der Waals surface area contributed by atoms with Crippen molar-refractivity contribution < 1.29 is 4.74 Å². The van der Waals surface area contributed by atoms with Crippen LogP contribution in [0.5, 0.6) is 5.75 Å². The zero-order chi connectivity index (χ0) is 8.55. The Morgan fingerprint density at radius 2 is 2.42 bits per heavy atom. The van der Waals surface area contributed by atoms with Crippen molar-refractivity contribution in [1.82, 2.24) is 14.6 Å². The first-order valence-electron chi connectivity index (χ1n) is 3.44. The fourth-order valence-corrected chi connectivity index (χ4v) is 1.04. The SMILES string of the molecule is COc1cc2c(N)ncnn2c1. The van der Waals surface area contributed by atoms with E-state index in [4.69, 9.17) is 10.5 Å². The highest BCUT2D eigenvalue weighted by Crippen LogP contribution is 2.18. The van der Waals surface area contributed by atoms with Gasteiger partial charge in [0.1, 0.15) is 17.6 Å². The maximum absolute atomic E-state index is 5.60. The average molecular weight is 164 g/mol. The molecule has 0 aromatic carbocycles. The molecule has 2 heterocycles. The summed E-state index contributed by atoms with van der Waals surface area (Å²) < 4.78 is 6.64. The van der Waals surface area contributed by atoms with Crippen molar-refractivity contribution in [2.24, 2.45) is 0 Å². The molecule has 0 aliphatic carbocycles. The zero-order valence-corrected chi connectivity index (χ0v) is 6.56. The van der Waals surface area contributed by atoms with Crippen LogP contribution in [0.2, 0.25) is 0 Å². The Morgan fingerprint density at radius 1 is 1.58 bits per heavy atom. The minimum atomic E-state index is 0.452. The molecule has 5 nitrogen and oxygen atoms in total. The first kappa shape index (κ1) is 6.90. The van der Waals surface area contributed by atoms with E-state index in [-0.39, 0.29) is 0 Å². The Kier molecular flexibility index (Phi) is 1.36. The molecule has 2 aromatic heterocycles. The topological polar surface area (TPSA) is 65.4 Å². The van der Waals surface area contributed by atoms with E-state index in [9.17, 15) is 0 Å². The largest absolute Gasteiger partial charge is 0.495 e. The molecule has 12 heavy (non-hydrogen) atoms. The molecule has 0 aliphatic rings. The van der Waals surface area contributed by atoms with Gasteiger partial charge in [-0.25, -0.2) is 9.50 Å². The summed E-state index contributed by atoms with van der Waals surface area (Å²) in [6, 6.07) is 1.79. The molecule has 5 heteroatoms. The molecular formula is C7H8N4O. The summed E-state index contributed by atoms with van der Waals surface area (Å²) in [5.74, 6) is 1.18. The van der Waals surface area contributed by atoms with E-state index in [0.717, 1.165) is 11.3 Å². The summed E-state index contributed by atoms with van der Waals surface area (Å²) in [5.41, 5.74) is 6.36. The first-order valence-corrected chi connectivity index (χ1v) is 3.44. The fourth-order valence-electron chi connectivity index (χ4n) is 1.04. The van der Waals surface area contributed by atoms with Gasteiger partial charge in [-0.05, 0) is 0 Å². The number of hydrogen-bond acceptors (Lipinski definition) is 4. The smallest absolute Gasteiger partial charge is 0.151 e. The van der Waals surface area contributed by atoms with Crippen LogP contribution in [0.15, 0.2) is 18.6 Å². The van der Waals surface area contributed by atoms with E-state index < -0.39 is 0 Å². The zero-order valence-electron chi connectivity index (χ0n) is 6.56. The van der Waals surface area contributed by atoms with Crippen molar-refractivity contribution in [3.8, 4) is 5.75 Å². The maximum Gasteiger partial charge on any atom is 0.151 e. The van der Waals surface area contributed by atoms with Crippen molar-refractivity contribution in [3.05, 3.63) is 18.6 Å². The molecule has 0 fully saturated rings. The van der Waals surface area contributed by atoms with Crippen LogP contribution in [0.3, 0.4) is 0 Å². The molecule has 0 aliphatic heterocycles. The Bertz CT molecular complexity index is 409. The summed E-state index contributed by atoms with van der Waals surface area (Å²) in [6.07, 6.45) is 3.15. The molecular weight excluding hydrogens is 156 g/mol. The Balaban J connectivity index is 2.74. The molecule has 62 valence electrons. The molecule has 2 aromatic rings. The van der Waals surface area contributed by atoms with Crippen LogP contribution in [0.1, 0.15) is 0 Å². The first-order chi connectivity index (χ1) is 5.81. The lowest BCUT2D eigenvalue weighted by atomic mass is 10.5. The van der Waals surface area contributed by atoms with Crippen LogP contribution in [0, 0.1) is 0 Å². The van der Waals surface area contributed by atoms with E-state index in [1.54, 1.807) is 23.9 Å². The Labute approximate surface area is 68.8 Å². The number of fused-ring (bicyclic) bond motifs is 1. The van der Waals surface area contributed by atoms with E-state index in [2.05, 4.69) is 10.1 Å². The van der Waals surface area contributed by atoms with Gasteiger partial charge in [-0.1, -0.05) is 0 Å². The lowest BCUT2D eigenvalue weighted by Crippen LogP contribution is -1.96. The Morgan fingerprint density at radius 3 is 3.08 bits per heavy atom. The normalized spacial score (nSPS) is 10.4. The number of hydrogen-bond donors (Lipinski definition) is 1. The van der Waals surface area contributed by atoms with Crippen molar-refractivity contribution >= 4 is 11.3 Å². The van der Waals surface area contributed by atoms with Gasteiger partial charge >= 0.3 is 0 Å². The second-order valence-corrected chi connectivity index (χ2v) is 2.36. The summed E-state index contributed by atoms with van der Waals surface area (Å²) in [5, 5.41) is 3.96. The summed E-state index contributed by atoms with van der Waals surface area (Å²) in [6.45, 7) is 0. The van der Waals surface area contributed by atoms with Crippen LogP contribution >= 0.6 is 0 Å². The number of anilines is 1. The maximum atomic E-state index is 5.60. The van der Waals surface area contributed by atoms with Gasteiger partial charge in [0, 0.05) is 6.07 Å². The molecule has 0 saturated heterocycles. The quantitative estimate of drug-likeness (QED) is 0.659. The standard InChI is InChI=1S/C7H8N4O/c1-12-5-2-6-7(8)9-4-10-11(6)3-5/h2-4H,1H3,(H2,8,9,10). The molecule has 2 N–H and O–H groups in total. The number of nitrogen functional groups attached to an aromatic ring is 1. The monoisotopic (exact) mass is 164 g/mol. The van der Waals surface area contributed by atoms with Gasteiger partial charge in [-0.3, -0.25) is 0 Å². The van der Waals surface area contributed by atoms with E-state index >= 15 is 0 Å². The predicted octanol–water partition coefficient (Wildman–Crippen LogP) is 0.320. The van der Waals surface area contributed by atoms with Crippen LogP contribution in [0.4, 0.5) is 5.82 Å². The number of methoxy groups -OCH3 is 1. The summed E-state index contributed by atoms with van der Waals surface area (Å²) in [7, 11) is 1.60. The van der Waals surface area contributed by atoms with E-state index in [1.807, 2.05) is 0 Å². The molecule has 0 bridgehead atoms. The van der Waals surface area contributed by atoms with Crippen LogP contribution in [0.25, 0.3) is 5.52 Å². The molecule has 0 radical (unpaired) electrons. The minimum Gasteiger partial charge on any atom is -0.495 e. The number of nitrogens with two attached hydrogens (primary N) is 1. The van der Waals surface area contributed by atoms with Gasteiger partial charge < -0.3 is 10.5 Å². The van der Waals surface area contributed by atoms with Gasteiger partial charge in [0.25, 0.3) is 0 Å². The van der Waals surface area contributed by atoms with Crippen molar-refractivity contribution in [2.75, 3.05) is 12.8 Å². The molecule has 0 amide bonds. The number of ether oxygens (including phenoxy) is 1. The van der Waals surface area contributed by atoms with E-state index in [0.29, 0.717) is 5.82 Å². The highest BCUT2D eigenvalue weighted by atomic mass is 16.5. The lowest BCUT2D eigenvalue weighted by molar-refractivity contribution is 0.414. The summed E-state index contributed by atoms with van der Waals surface area (Å²) >= 11 is 0. The fraction of sp³-hybridized carbons (Fsp3) is 0.143. The van der Waals surface area contributed by atoms with Crippen molar-refractivity contribution in [2.45, 2.75) is 0 Å². The van der Waals surface area contributed by atoms with Crippen molar-refractivity contribution in [1.29, 1.82) is 0 Å². The lowest BCUT2D eigenvalue weighted by Gasteiger charge is -1.93. The second kappa shape index (κ2) is 2.37. The molecule has 0 spiro atoms. The Hall–Kier alpha value is -1.78. The number of nitrogens with zero attached hydrogens (tertiary/aromatic N) is 3. The van der Waals surface area contributed by atoms with Gasteiger partial charge in [0.05, 0.1) is 13.3 Å². The van der Waals surface area contributed by atoms with Crippen LogP contribution < -0.4 is 10.5 Å². The molecule has 0 saturated carbocycles.